The molecule has 2 unspecified atom stereocenters. The zero-order chi connectivity index (χ0) is 14.5. The van der Waals surface area contributed by atoms with E-state index < -0.39 is 0 Å². The van der Waals surface area contributed by atoms with Crippen LogP contribution in [0.5, 0.6) is 0 Å². The van der Waals surface area contributed by atoms with Crippen molar-refractivity contribution < 1.29 is 5.11 Å². The van der Waals surface area contributed by atoms with Gasteiger partial charge in [0.2, 0.25) is 0 Å². The highest BCUT2D eigenvalue weighted by atomic mass is 79.9. The fourth-order valence-electron chi connectivity index (χ4n) is 2.86. The number of likely N-dealkylation sites (N-methyl/N-ethyl adjacent to an activating group) is 1. The van der Waals surface area contributed by atoms with E-state index in [2.05, 4.69) is 39.7 Å². The van der Waals surface area contributed by atoms with E-state index in [-0.39, 0.29) is 6.10 Å². The highest BCUT2D eigenvalue weighted by Gasteiger charge is 2.23. The van der Waals surface area contributed by atoms with Crippen LogP contribution in [-0.4, -0.2) is 54.2 Å². The van der Waals surface area contributed by atoms with Crippen molar-refractivity contribution in [2.24, 2.45) is 0 Å². The van der Waals surface area contributed by atoms with Gasteiger partial charge in [-0.25, -0.2) is 0 Å². The largest absolute Gasteiger partial charge is 0.388 e. The Balaban J connectivity index is 1.85. The van der Waals surface area contributed by atoms with Crippen molar-refractivity contribution >= 4 is 15.9 Å². The number of hydrogen-bond acceptors (Lipinski definition) is 3. The molecule has 0 aliphatic carbocycles. The molecule has 2 atom stereocenters. The molecular weight excluding hydrogens is 316 g/mol. The quantitative estimate of drug-likeness (QED) is 0.892. The van der Waals surface area contributed by atoms with Crippen molar-refractivity contribution in [1.82, 2.24) is 9.80 Å². The third kappa shape index (κ3) is 4.04. The molecule has 1 heterocycles. The first-order chi connectivity index (χ1) is 9.61. The normalized spacial score (nSPS) is 22.9. The van der Waals surface area contributed by atoms with Crippen LogP contribution in [0, 0.1) is 0 Å². The Hall–Kier alpha value is -0.420. The summed E-state index contributed by atoms with van der Waals surface area (Å²) in [5.41, 5.74) is 0.994. The van der Waals surface area contributed by atoms with Crippen molar-refractivity contribution in [2.75, 3.05) is 33.2 Å². The molecule has 1 aliphatic heterocycles. The Morgan fingerprint density at radius 1 is 1.35 bits per heavy atom. The molecule has 1 N–H and O–H groups in total. The van der Waals surface area contributed by atoms with Crippen molar-refractivity contribution in [1.29, 1.82) is 0 Å². The summed E-state index contributed by atoms with van der Waals surface area (Å²) in [7, 11) is 2.21. The Morgan fingerprint density at radius 2 is 2.10 bits per heavy atom. The lowest BCUT2D eigenvalue weighted by molar-refractivity contribution is 0.0753. The molecule has 0 radical (unpaired) electrons. The standard InChI is InChI=1S/C16H25BrN2O/c1-3-13-12-19(11-10-18(13)2)9-8-16(20)14-6-4-5-7-15(14)17/h4-7,13,16,20H,3,8-12H2,1-2H3. The van der Waals surface area contributed by atoms with Gasteiger partial charge in [-0.15, -0.1) is 0 Å². The van der Waals surface area contributed by atoms with E-state index in [9.17, 15) is 5.11 Å². The van der Waals surface area contributed by atoms with E-state index in [4.69, 9.17) is 0 Å². The van der Waals surface area contributed by atoms with Gasteiger partial charge >= 0.3 is 0 Å². The maximum Gasteiger partial charge on any atom is 0.0813 e. The lowest BCUT2D eigenvalue weighted by atomic mass is 10.1. The zero-order valence-corrected chi connectivity index (χ0v) is 14.0. The number of aliphatic hydroxyl groups is 1. The van der Waals surface area contributed by atoms with Crippen LogP contribution in [-0.2, 0) is 0 Å². The molecule has 1 aromatic rings. The monoisotopic (exact) mass is 340 g/mol. The van der Waals surface area contributed by atoms with Crippen molar-refractivity contribution in [2.45, 2.75) is 31.9 Å². The van der Waals surface area contributed by atoms with E-state index in [1.165, 1.54) is 6.42 Å². The topological polar surface area (TPSA) is 26.7 Å². The third-order valence-corrected chi connectivity index (χ3v) is 5.04. The molecule has 0 saturated carbocycles. The van der Waals surface area contributed by atoms with Gasteiger partial charge in [-0.3, -0.25) is 0 Å². The van der Waals surface area contributed by atoms with Crippen molar-refractivity contribution in [3.8, 4) is 0 Å². The van der Waals surface area contributed by atoms with Gasteiger partial charge in [0.25, 0.3) is 0 Å². The molecule has 1 aromatic carbocycles. The predicted molar refractivity (Wildman–Crippen MR) is 86.9 cm³/mol. The summed E-state index contributed by atoms with van der Waals surface area (Å²) in [6, 6.07) is 8.60. The number of halogens is 1. The van der Waals surface area contributed by atoms with Gasteiger partial charge in [0.05, 0.1) is 6.10 Å². The van der Waals surface area contributed by atoms with Gasteiger partial charge in [0.1, 0.15) is 0 Å². The molecule has 1 aliphatic rings. The van der Waals surface area contributed by atoms with E-state index in [1.807, 2.05) is 24.3 Å². The molecule has 0 bridgehead atoms. The molecule has 3 nitrogen and oxygen atoms in total. The summed E-state index contributed by atoms with van der Waals surface area (Å²) >= 11 is 3.51. The van der Waals surface area contributed by atoms with Gasteiger partial charge in [-0.1, -0.05) is 41.1 Å². The van der Waals surface area contributed by atoms with Gasteiger partial charge in [0.15, 0.2) is 0 Å². The SMILES string of the molecule is CCC1CN(CCC(O)c2ccccc2Br)CCN1C. The Labute approximate surface area is 130 Å². The van der Waals surface area contributed by atoms with E-state index in [0.717, 1.165) is 42.6 Å². The van der Waals surface area contributed by atoms with E-state index in [1.54, 1.807) is 0 Å². The van der Waals surface area contributed by atoms with Gasteiger partial charge in [-0.2, -0.15) is 0 Å². The van der Waals surface area contributed by atoms with Crippen LogP contribution in [0.2, 0.25) is 0 Å². The molecule has 4 heteroatoms. The third-order valence-electron chi connectivity index (χ3n) is 4.32. The van der Waals surface area contributed by atoms with E-state index >= 15 is 0 Å². The molecule has 20 heavy (non-hydrogen) atoms. The minimum absolute atomic E-state index is 0.384. The van der Waals surface area contributed by atoms with Crippen LogP contribution >= 0.6 is 15.9 Å². The average molecular weight is 341 g/mol. The lowest BCUT2D eigenvalue weighted by Gasteiger charge is -2.39. The van der Waals surface area contributed by atoms with Crippen LogP contribution in [0.1, 0.15) is 31.4 Å². The summed E-state index contributed by atoms with van der Waals surface area (Å²) in [5.74, 6) is 0. The van der Waals surface area contributed by atoms with Crippen LogP contribution in [0.4, 0.5) is 0 Å². The summed E-state index contributed by atoms with van der Waals surface area (Å²) in [6.45, 7) is 6.57. The molecule has 0 spiro atoms. The first-order valence-corrected chi connectivity index (χ1v) is 8.26. The van der Waals surface area contributed by atoms with Crippen LogP contribution in [0.3, 0.4) is 0 Å². The highest BCUT2D eigenvalue weighted by molar-refractivity contribution is 9.10. The molecule has 1 fully saturated rings. The summed E-state index contributed by atoms with van der Waals surface area (Å²) in [4.78, 5) is 4.93. The number of piperazine rings is 1. The molecule has 0 amide bonds. The molecular formula is C16H25BrN2O. The Bertz CT molecular complexity index is 427. The fourth-order valence-corrected chi connectivity index (χ4v) is 3.41. The number of rotatable bonds is 5. The molecule has 2 rings (SSSR count). The Morgan fingerprint density at radius 3 is 2.80 bits per heavy atom. The summed E-state index contributed by atoms with van der Waals surface area (Å²) in [6.07, 6.45) is 1.60. The minimum Gasteiger partial charge on any atom is -0.388 e. The van der Waals surface area contributed by atoms with Gasteiger partial charge in [0, 0.05) is 36.7 Å². The highest BCUT2D eigenvalue weighted by Crippen LogP contribution is 2.25. The summed E-state index contributed by atoms with van der Waals surface area (Å²) < 4.78 is 0.998. The second kappa shape index (κ2) is 7.55. The van der Waals surface area contributed by atoms with E-state index in [0.29, 0.717) is 6.04 Å². The molecule has 112 valence electrons. The van der Waals surface area contributed by atoms with Crippen LogP contribution in [0.15, 0.2) is 28.7 Å². The second-order valence-corrected chi connectivity index (χ2v) is 6.52. The van der Waals surface area contributed by atoms with Gasteiger partial charge in [-0.05, 0) is 31.5 Å². The number of aliphatic hydroxyl groups excluding tert-OH is 1. The van der Waals surface area contributed by atoms with Crippen molar-refractivity contribution in [3.05, 3.63) is 34.3 Å². The fraction of sp³-hybridized carbons (Fsp3) is 0.625. The van der Waals surface area contributed by atoms with Gasteiger partial charge < -0.3 is 14.9 Å². The minimum atomic E-state index is -0.384. The zero-order valence-electron chi connectivity index (χ0n) is 12.4. The first-order valence-electron chi connectivity index (χ1n) is 7.47. The van der Waals surface area contributed by atoms with Crippen LogP contribution < -0.4 is 0 Å². The lowest BCUT2D eigenvalue weighted by Crippen LogP contribution is -2.51. The molecule has 0 aromatic heterocycles. The molecule has 1 saturated heterocycles. The maximum atomic E-state index is 10.3. The number of benzene rings is 1. The number of hydrogen-bond donors (Lipinski definition) is 1. The summed E-state index contributed by atoms with van der Waals surface area (Å²) in [5, 5.41) is 10.3. The number of nitrogens with zero attached hydrogens (tertiary/aromatic N) is 2. The Kier molecular flexibility index (Phi) is 6.02. The predicted octanol–water partition coefficient (Wildman–Crippen LogP) is 2.90. The van der Waals surface area contributed by atoms with Crippen LogP contribution in [0.25, 0.3) is 0 Å². The second-order valence-electron chi connectivity index (χ2n) is 5.67. The van der Waals surface area contributed by atoms with Crippen molar-refractivity contribution in [3.63, 3.8) is 0 Å². The average Bonchev–Trinajstić information content (AvgIpc) is 2.46. The maximum absolute atomic E-state index is 10.3. The smallest absolute Gasteiger partial charge is 0.0813 e. The first kappa shape index (κ1) is 16.0.